The maximum Gasteiger partial charge on any atom is 0.433 e. The Balaban J connectivity index is 2.81. The highest BCUT2D eigenvalue weighted by atomic mass is 35.5. The molecule has 0 saturated heterocycles. The molecule has 6 nitrogen and oxygen atoms in total. The summed E-state index contributed by atoms with van der Waals surface area (Å²) in [7, 11) is 0. The minimum absolute atomic E-state index is 0.150. The summed E-state index contributed by atoms with van der Waals surface area (Å²) in [6.07, 6.45) is -4.92. The number of carboxylic acids is 1. The van der Waals surface area contributed by atoms with Crippen molar-refractivity contribution in [3.63, 3.8) is 0 Å². The fraction of sp³-hybridized carbons (Fsp3) is 0.214. The van der Waals surface area contributed by atoms with E-state index in [0.717, 1.165) is 0 Å². The second-order valence-corrected chi connectivity index (χ2v) is 5.02. The molecule has 0 saturated carbocycles. The number of benzene rings is 1. The first-order valence-corrected chi connectivity index (χ1v) is 7.00. The van der Waals surface area contributed by atoms with E-state index in [9.17, 15) is 27.2 Å². The number of halogens is 5. The highest BCUT2D eigenvalue weighted by Gasteiger charge is 2.35. The van der Waals surface area contributed by atoms with Gasteiger partial charge in [0.15, 0.2) is 5.69 Å². The summed E-state index contributed by atoms with van der Waals surface area (Å²) in [5.74, 6) is -2.66. The van der Waals surface area contributed by atoms with Crippen molar-refractivity contribution in [2.24, 2.45) is 0 Å². The molecular weight excluding hydrogens is 372 g/mol. The van der Waals surface area contributed by atoms with Crippen molar-refractivity contribution in [2.75, 3.05) is 6.61 Å². The van der Waals surface area contributed by atoms with Gasteiger partial charge in [0.2, 0.25) is 0 Å². The van der Waals surface area contributed by atoms with Crippen LogP contribution in [0.15, 0.2) is 23.0 Å². The van der Waals surface area contributed by atoms with Gasteiger partial charge in [0.05, 0.1) is 22.9 Å². The SMILES string of the molecule is CCOc1nc(C(F)(F)F)cc(=O)n1-c1cc(C(=O)O)c(Cl)cc1F. The van der Waals surface area contributed by atoms with Crippen LogP contribution in [0.25, 0.3) is 5.69 Å². The topological polar surface area (TPSA) is 81.4 Å². The van der Waals surface area contributed by atoms with Crippen LogP contribution in [0, 0.1) is 5.82 Å². The second kappa shape index (κ2) is 6.71. The van der Waals surface area contributed by atoms with Crippen LogP contribution < -0.4 is 10.3 Å². The fourth-order valence-electron chi connectivity index (χ4n) is 1.93. The lowest BCUT2D eigenvalue weighted by molar-refractivity contribution is -0.141. The number of ether oxygens (including phenoxy) is 1. The van der Waals surface area contributed by atoms with Crippen LogP contribution in [0.1, 0.15) is 23.0 Å². The second-order valence-electron chi connectivity index (χ2n) is 4.62. The first-order valence-electron chi connectivity index (χ1n) is 6.63. The van der Waals surface area contributed by atoms with Gasteiger partial charge in [-0.25, -0.2) is 13.8 Å². The van der Waals surface area contributed by atoms with Crippen molar-refractivity contribution in [3.8, 4) is 11.7 Å². The van der Waals surface area contributed by atoms with Crippen LogP contribution >= 0.6 is 11.6 Å². The average molecular weight is 381 g/mol. The molecule has 0 aliphatic carbocycles. The molecule has 0 spiro atoms. The van der Waals surface area contributed by atoms with Crippen molar-refractivity contribution < 1.29 is 32.2 Å². The Morgan fingerprint density at radius 1 is 1.36 bits per heavy atom. The Labute approximate surface area is 142 Å². The standard InChI is InChI=1S/C14H9ClF4N2O4/c1-2-25-13-20-10(14(17,18)19)5-11(22)21(13)9-3-6(12(23)24)7(15)4-8(9)16/h3-5H,2H2,1H3,(H,23,24). The van der Waals surface area contributed by atoms with Crippen LogP contribution in [-0.4, -0.2) is 27.2 Å². The van der Waals surface area contributed by atoms with Crippen molar-refractivity contribution in [3.05, 3.63) is 50.7 Å². The predicted octanol–water partition coefficient (Wildman–Crippen LogP) is 3.14. The molecule has 1 heterocycles. The first kappa shape index (κ1) is 18.7. The van der Waals surface area contributed by atoms with Gasteiger partial charge in [0.1, 0.15) is 5.82 Å². The molecule has 0 aliphatic rings. The Kier molecular flexibility index (Phi) is 5.02. The zero-order chi connectivity index (χ0) is 18.9. The summed E-state index contributed by atoms with van der Waals surface area (Å²) in [6, 6.07) is 0.649. The highest BCUT2D eigenvalue weighted by molar-refractivity contribution is 6.33. The van der Waals surface area contributed by atoms with Crippen molar-refractivity contribution in [1.29, 1.82) is 0 Å². The molecule has 0 radical (unpaired) electrons. The lowest BCUT2D eigenvalue weighted by atomic mass is 10.2. The molecule has 134 valence electrons. The lowest BCUT2D eigenvalue weighted by Gasteiger charge is -2.15. The molecule has 0 unspecified atom stereocenters. The van der Waals surface area contributed by atoms with Crippen molar-refractivity contribution >= 4 is 17.6 Å². The van der Waals surface area contributed by atoms with Crippen LogP contribution in [0.3, 0.4) is 0 Å². The maximum atomic E-state index is 14.2. The number of hydrogen-bond acceptors (Lipinski definition) is 4. The van der Waals surface area contributed by atoms with Gasteiger partial charge >= 0.3 is 18.2 Å². The number of rotatable bonds is 4. The van der Waals surface area contributed by atoms with Crippen molar-refractivity contribution in [2.45, 2.75) is 13.1 Å². The first-order chi connectivity index (χ1) is 11.6. The van der Waals surface area contributed by atoms with Crippen LogP contribution in [0.4, 0.5) is 17.6 Å². The molecule has 0 aliphatic heterocycles. The van der Waals surface area contributed by atoms with E-state index in [1.165, 1.54) is 6.92 Å². The van der Waals surface area contributed by atoms with Gasteiger partial charge in [-0.1, -0.05) is 11.6 Å². The largest absolute Gasteiger partial charge is 0.478 e. The molecule has 0 fully saturated rings. The minimum Gasteiger partial charge on any atom is -0.478 e. The summed E-state index contributed by atoms with van der Waals surface area (Å²) in [5, 5.41) is 8.59. The van der Waals surface area contributed by atoms with Gasteiger partial charge in [-0.3, -0.25) is 4.79 Å². The summed E-state index contributed by atoms with van der Waals surface area (Å²) in [4.78, 5) is 26.4. The number of hydrogen-bond donors (Lipinski definition) is 1. The van der Waals surface area contributed by atoms with Crippen molar-refractivity contribution in [1.82, 2.24) is 9.55 Å². The van der Waals surface area contributed by atoms with E-state index in [0.29, 0.717) is 16.7 Å². The van der Waals surface area contributed by atoms with E-state index in [-0.39, 0.29) is 12.7 Å². The molecular formula is C14H9ClF4N2O4. The monoisotopic (exact) mass is 380 g/mol. The summed E-state index contributed by atoms with van der Waals surface area (Å²) in [5.41, 5.74) is -4.03. The molecule has 1 aromatic heterocycles. The molecule has 0 amide bonds. The van der Waals surface area contributed by atoms with E-state index in [1.54, 1.807) is 0 Å². The molecule has 11 heteroatoms. The molecule has 0 bridgehead atoms. The number of aromatic carboxylic acids is 1. The predicted molar refractivity (Wildman–Crippen MR) is 77.9 cm³/mol. The van der Waals surface area contributed by atoms with E-state index >= 15 is 0 Å². The number of nitrogens with zero attached hydrogens (tertiary/aromatic N) is 2. The molecule has 0 atom stereocenters. The fourth-order valence-corrected chi connectivity index (χ4v) is 2.16. The molecule has 25 heavy (non-hydrogen) atoms. The third kappa shape index (κ3) is 3.73. The van der Waals surface area contributed by atoms with E-state index in [2.05, 4.69) is 4.98 Å². The van der Waals surface area contributed by atoms with E-state index < -0.39 is 51.5 Å². The number of alkyl halides is 3. The smallest absolute Gasteiger partial charge is 0.433 e. The Bertz CT molecular complexity index is 896. The van der Waals surface area contributed by atoms with Crippen LogP contribution in [0.2, 0.25) is 5.02 Å². The van der Waals surface area contributed by atoms with E-state index in [1.807, 2.05) is 0 Å². The summed E-state index contributed by atoms with van der Waals surface area (Å²) < 4.78 is 57.8. The maximum absolute atomic E-state index is 14.2. The summed E-state index contributed by atoms with van der Waals surface area (Å²) in [6.45, 7) is 1.24. The minimum atomic E-state index is -4.92. The Morgan fingerprint density at radius 2 is 2.00 bits per heavy atom. The van der Waals surface area contributed by atoms with Crippen LogP contribution in [-0.2, 0) is 6.18 Å². The number of carbonyl (C=O) groups is 1. The molecule has 1 N–H and O–H groups in total. The van der Waals surface area contributed by atoms with Gasteiger partial charge in [-0.15, -0.1) is 0 Å². The molecule has 2 rings (SSSR count). The zero-order valence-electron chi connectivity index (χ0n) is 12.4. The molecule has 1 aromatic carbocycles. The van der Waals surface area contributed by atoms with E-state index in [4.69, 9.17) is 21.4 Å². The quantitative estimate of drug-likeness (QED) is 0.824. The van der Waals surface area contributed by atoms with Gasteiger partial charge < -0.3 is 9.84 Å². The highest BCUT2D eigenvalue weighted by Crippen LogP contribution is 2.30. The van der Waals surface area contributed by atoms with Gasteiger partial charge in [-0.05, 0) is 19.1 Å². The van der Waals surface area contributed by atoms with Crippen LogP contribution in [0.5, 0.6) is 6.01 Å². The van der Waals surface area contributed by atoms with Gasteiger partial charge in [0, 0.05) is 6.07 Å². The lowest BCUT2D eigenvalue weighted by Crippen LogP contribution is -2.26. The Morgan fingerprint density at radius 3 is 2.52 bits per heavy atom. The summed E-state index contributed by atoms with van der Waals surface area (Å²) >= 11 is 5.61. The Hall–Kier alpha value is -2.62. The third-order valence-electron chi connectivity index (χ3n) is 2.96. The van der Waals surface area contributed by atoms with Gasteiger partial charge in [0.25, 0.3) is 5.56 Å². The van der Waals surface area contributed by atoms with Gasteiger partial charge in [-0.2, -0.15) is 18.2 Å². The normalized spacial score (nSPS) is 11.4. The third-order valence-corrected chi connectivity index (χ3v) is 3.27. The molecule has 2 aromatic rings. The number of aromatic nitrogens is 2. The average Bonchev–Trinajstić information content (AvgIpc) is 2.47. The zero-order valence-corrected chi connectivity index (χ0v) is 13.2. The number of carboxylic acid groups (broad SMARTS) is 1.